The van der Waals surface area contributed by atoms with Crippen LogP contribution in [0.5, 0.6) is 5.75 Å². The van der Waals surface area contributed by atoms with Crippen LogP contribution < -0.4 is 4.74 Å². The Kier molecular flexibility index (Phi) is 3.67. The molecule has 1 rings (SSSR count). The molecule has 4 heteroatoms. The molecule has 0 saturated carbocycles. The van der Waals surface area contributed by atoms with Gasteiger partial charge < -0.3 is 9.47 Å². The maximum Gasteiger partial charge on any atom is 0.337 e. The first-order chi connectivity index (χ1) is 6.77. The van der Waals surface area contributed by atoms with Crippen LogP contribution in [0, 0.1) is 0 Å². The normalized spacial score (nSPS) is 9.21. The number of methoxy groups -OCH3 is 1. The van der Waals surface area contributed by atoms with Crippen LogP contribution in [0.4, 0.5) is 0 Å². The Balaban J connectivity index is 2.78. The molecule has 0 heterocycles. The summed E-state index contributed by atoms with van der Waals surface area (Å²) in [4.78, 5) is 21.0. The first kappa shape index (κ1) is 10.2. The van der Waals surface area contributed by atoms with Gasteiger partial charge in [-0.05, 0) is 18.2 Å². The molecule has 0 unspecified atom stereocenters. The van der Waals surface area contributed by atoms with E-state index in [0.717, 1.165) is 0 Å². The minimum atomic E-state index is -0.439. The summed E-state index contributed by atoms with van der Waals surface area (Å²) in [5.41, 5.74) is 0.385. The number of hydrogen-bond acceptors (Lipinski definition) is 4. The molecule has 0 aliphatic rings. The first-order valence-electron chi connectivity index (χ1n) is 3.94. The lowest BCUT2D eigenvalue weighted by Crippen LogP contribution is -2.02. The molecule has 0 saturated heterocycles. The fraction of sp³-hybridized carbons (Fsp3) is 0.200. The molecular weight excluding hydrogens is 184 g/mol. The van der Waals surface area contributed by atoms with Gasteiger partial charge in [0.05, 0.1) is 12.7 Å². The van der Waals surface area contributed by atoms with Crippen molar-refractivity contribution in [1.29, 1.82) is 0 Å². The van der Waals surface area contributed by atoms with Crippen LogP contribution in [0.2, 0.25) is 0 Å². The van der Waals surface area contributed by atoms with Gasteiger partial charge in [0.1, 0.15) is 5.75 Å². The van der Waals surface area contributed by atoms with E-state index in [0.29, 0.717) is 11.3 Å². The van der Waals surface area contributed by atoms with Crippen LogP contribution in [0.25, 0.3) is 0 Å². The predicted octanol–water partition coefficient (Wildman–Crippen LogP) is 0.962. The van der Waals surface area contributed by atoms with Crippen molar-refractivity contribution in [1.82, 2.24) is 0 Å². The summed E-state index contributed by atoms with van der Waals surface area (Å²) in [6.45, 7) is -0.148. The number of hydrogen-bond donors (Lipinski definition) is 0. The van der Waals surface area contributed by atoms with Crippen LogP contribution in [-0.4, -0.2) is 26.0 Å². The summed E-state index contributed by atoms with van der Waals surface area (Å²) in [6, 6.07) is 6.39. The highest BCUT2D eigenvalue weighted by Crippen LogP contribution is 2.13. The SMILES string of the molecule is COC(=O)c1cccc(OC[C]=O)c1. The second-order valence-electron chi connectivity index (χ2n) is 2.45. The van der Waals surface area contributed by atoms with Crippen molar-refractivity contribution in [3.05, 3.63) is 29.8 Å². The van der Waals surface area contributed by atoms with E-state index < -0.39 is 5.97 Å². The van der Waals surface area contributed by atoms with Crippen molar-refractivity contribution in [2.24, 2.45) is 0 Å². The molecular formula is C10H9O4. The number of benzene rings is 1. The van der Waals surface area contributed by atoms with Crippen LogP contribution in [0.3, 0.4) is 0 Å². The summed E-state index contributed by atoms with van der Waals surface area (Å²) < 4.78 is 9.48. The highest BCUT2D eigenvalue weighted by molar-refractivity contribution is 5.89. The van der Waals surface area contributed by atoms with Crippen LogP contribution in [-0.2, 0) is 9.53 Å². The quantitative estimate of drug-likeness (QED) is 0.668. The largest absolute Gasteiger partial charge is 0.485 e. The molecule has 0 spiro atoms. The number of rotatable bonds is 4. The van der Waals surface area contributed by atoms with Gasteiger partial charge >= 0.3 is 5.97 Å². The average molecular weight is 193 g/mol. The first-order valence-corrected chi connectivity index (χ1v) is 3.94. The summed E-state index contributed by atoms with van der Waals surface area (Å²) >= 11 is 0. The van der Waals surface area contributed by atoms with Gasteiger partial charge in [-0.3, -0.25) is 4.79 Å². The van der Waals surface area contributed by atoms with E-state index in [1.165, 1.54) is 13.2 Å². The maximum absolute atomic E-state index is 11.1. The lowest BCUT2D eigenvalue weighted by Gasteiger charge is -2.03. The Labute approximate surface area is 81.4 Å². The lowest BCUT2D eigenvalue weighted by atomic mass is 10.2. The van der Waals surface area contributed by atoms with E-state index in [1.807, 2.05) is 0 Å². The number of carbonyl (C=O) groups excluding carboxylic acids is 2. The third-order valence-corrected chi connectivity index (χ3v) is 1.55. The minimum Gasteiger partial charge on any atom is -0.485 e. The molecule has 14 heavy (non-hydrogen) atoms. The van der Waals surface area contributed by atoms with Crippen molar-refractivity contribution >= 4 is 12.3 Å². The second kappa shape index (κ2) is 5.01. The van der Waals surface area contributed by atoms with Crippen LogP contribution in [0.15, 0.2) is 24.3 Å². The van der Waals surface area contributed by atoms with E-state index in [1.54, 1.807) is 24.5 Å². The molecule has 1 aromatic rings. The van der Waals surface area contributed by atoms with Gasteiger partial charge in [0.2, 0.25) is 6.29 Å². The Morgan fingerprint density at radius 2 is 2.29 bits per heavy atom. The number of carbonyl (C=O) groups is 1. The highest BCUT2D eigenvalue weighted by Gasteiger charge is 2.05. The molecule has 0 amide bonds. The van der Waals surface area contributed by atoms with Crippen LogP contribution >= 0.6 is 0 Å². The third kappa shape index (κ3) is 2.58. The zero-order chi connectivity index (χ0) is 10.4. The van der Waals surface area contributed by atoms with Crippen molar-refractivity contribution in [3.8, 4) is 5.75 Å². The number of esters is 1. The molecule has 73 valence electrons. The van der Waals surface area contributed by atoms with E-state index in [2.05, 4.69) is 4.74 Å². The van der Waals surface area contributed by atoms with Gasteiger partial charge in [-0.15, -0.1) is 0 Å². The maximum atomic E-state index is 11.1. The molecule has 0 bridgehead atoms. The fourth-order valence-electron chi connectivity index (χ4n) is 0.944. The molecule has 4 nitrogen and oxygen atoms in total. The summed E-state index contributed by atoms with van der Waals surface area (Å²) in [5.74, 6) is 0.00165. The smallest absolute Gasteiger partial charge is 0.337 e. The van der Waals surface area contributed by atoms with Crippen molar-refractivity contribution in [2.45, 2.75) is 0 Å². The molecule has 0 aliphatic carbocycles. The average Bonchev–Trinajstić information content (AvgIpc) is 2.25. The lowest BCUT2D eigenvalue weighted by molar-refractivity contribution is 0.0600. The van der Waals surface area contributed by atoms with E-state index >= 15 is 0 Å². The molecule has 0 atom stereocenters. The minimum absolute atomic E-state index is 0.148. The van der Waals surface area contributed by atoms with Gasteiger partial charge in [0.25, 0.3) is 0 Å². The van der Waals surface area contributed by atoms with E-state index in [4.69, 9.17) is 4.74 Å². The van der Waals surface area contributed by atoms with Gasteiger partial charge in [-0.25, -0.2) is 4.79 Å². The van der Waals surface area contributed by atoms with Gasteiger partial charge in [0.15, 0.2) is 6.61 Å². The van der Waals surface area contributed by atoms with Gasteiger partial charge in [-0.1, -0.05) is 6.07 Å². The monoisotopic (exact) mass is 193 g/mol. The van der Waals surface area contributed by atoms with Crippen molar-refractivity contribution < 1.29 is 19.1 Å². The molecule has 0 aliphatic heterocycles. The molecule has 1 radical (unpaired) electrons. The predicted molar refractivity (Wildman–Crippen MR) is 49.0 cm³/mol. The van der Waals surface area contributed by atoms with E-state index in [9.17, 15) is 9.59 Å². The number of ether oxygens (including phenoxy) is 2. The van der Waals surface area contributed by atoms with Crippen LogP contribution in [0.1, 0.15) is 10.4 Å². The van der Waals surface area contributed by atoms with Crippen molar-refractivity contribution in [3.63, 3.8) is 0 Å². The Morgan fingerprint density at radius 3 is 2.93 bits per heavy atom. The Morgan fingerprint density at radius 1 is 1.50 bits per heavy atom. The zero-order valence-corrected chi connectivity index (χ0v) is 7.65. The molecule has 0 aromatic heterocycles. The molecule has 0 fully saturated rings. The zero-order valence-electron chi connectivity index (χ0n) is 7.65. The highest BCUT2D eigenvalue weighted by atomic mass is 16.5. The third-order valence-electron chi connectivity index (χ3n) is 1.55. The van der Waals surface area contributed by atoms with Gasteiger partial charge in [-0.2, -0.15) is 0 Å². The Hall–Kier alpha value is -1.84. The fourth-order valence-corrected chi connectivity index (χ4v) is 0.944. The molecule has 1 aromatic carbocycles. The summed E-state index contributed by atoms with van der Waals surface area (Å²) in [7, 11) is 1.30. The van der Waals surface area contributed by atoms with Gasteiger partial charge in [0, 0.05) is 0 Å². The Bertz CT molecular complexity index is 333. The topological polar surface area (TPSA) is 52.6 Å². The summed E-state index contributed by atoms with van der Waals surface area (Å²) in [5, 5.41) is 0. The standard InChI is InChI=1S/C10H9O4/c1-13-10(12)8-3-2-4-9(7-8)14-6-5-11/h2-4,7H,6H2,1H3. The second-order valence-corrected chi connectivity index (χ2v) is 2.45. The van der Waals surface area contributed by atoms with Crippen molar-refractivity contribution in [2.75, 3.05) is 13.7 Å². The molecule has 0 N–H and O–H groups in total. The summed E-state index contributed by atoms with van der Waals surface area (Å²) in [6.07, 6.45) is 1.59. The van der Waals surface area contributed by atoms with E-state index in [-0.39, 0.29) is 6.61 Å².